The molecule has 354 valence electrons. The van der Waals surface area contributed by atoms with Crippen LogP contribution in [0.25, 0.3) is 0 Å². The van der Waals surface area contributed by atoms with E-state index in [0.717, 1.165) is 39.1 Å². The summed E-state index contributed by atoms with van der Waals surface area (Å²) in [7, 11) is 1.64. The largest absolute Gasteiger partial charge is 0.493 e. The Hall–Kier alpha value is -3.74. The van der Waals surface area contributed by atoms with Crippen molar-refractivity contribution in [1.82, 2.24) is 31.1 Å². The highest BCUT2D eigenvalue weighted by molar-refractivity contribution is 5.97. The molecule has 17 heteroatoms. The third kappa shape index (κ3) is 20.6. The molecule has 4 unspecified atom stereocenters. The third-order valence-corrected chi connectivity index (χ3v) is 11.1. The fourth-order valence-electron chi connectivity index (χ4n) is 7.22. The van der Waals surface area contributed by atoms with E-state index in [1.54, 1.807) is 46.1 Å². The molecule has 2 fully saturated rings. The maximum absolute atomic E-state index is 13.9. The molecule has 0 aromatic heterocycles. The molecule has 0 radical (unpaired) electrons. The lowest BCUT2D eigenvalue weighted by Crippen LogP contribution is -2.49. The molecule has 0 spiro atoms. The standard InChI is InChI=1S/C45H78N6O11/c1-32(2)34(27-38(49-44(56)62-45(5,6)7)39(52)29-37(33(3)4)43(55)47-14-16-51-19-25-59-26-20-51)30-48-42(54)36-12-11-35(28-40(36)60-22-10-9-21-57-8)61-31-41(53)46-13-15-50-17-23-58-24-18-50/h11-12,28,32-34,37-39,52H,9-10,13-27,29-31H2,1-8H3,(H,46,53)(H,47,55)(H,48,54)(H,49,56). The van der Waals surface area contributed by atoms with E-state index in [2.05, 4.69) is 31.1 Å². The number of rotatable bonds is 27. The van der Waals surface area contributed by atoms with Gasteiger partial charge in [-0.1, -0.05) is 27.7 Å². The minimum absolute atomic E-state index is 0.0297. The van der Waals surface area contributed by atoms with Gasteiger partial charge in [-0.05, 0) is 76.3 Å². The van der Waals surface area contributed by atoms with Crippen LogP contribution in [0.3, 0.4) is 0 Å². The quantitative estimate of drug-likeness (QED) is 0.0810. The number of methoxy groups -OCH3 is 1. The smallest absolute Gasteiger partial charge is 0.407 e. The summed E-state index contributed by atoms with van der Waals surface area (Å²) in [6, 6.07) is 4.09. The second-order valence-electron chi connectivity index (χ2n) is 17.9. The first kappa shape index (κ1) is 52.6. The van der Waals surface area contributed by atoms with Crippen molar-refractivity contribution in [3.8, 4) is 11.5 Å². The number of aliphatic hydroxyl groups excluding tert-OH is 1. The van der Waals surface area contributed by atoms with Gasteiger partial charge in [-0.2, -0.15) is 0 Å². The van der Waals surface area contributed by atoms with Crippen molar-refractivity contribution in [3.63, 3.8) is 0 Å². The average molecular weight is 879 g/mol. The summed E-state index contributed by atoms with van der Waals surface area (Å²) < 4.78 is 33.5. The first-order chi connectivity index (χ1) is 29.6. The van der Waals surface area contributed by atoms with E-state index < -0.39 is 29.8 Å². The molecule has 2 aliphatic heterocycles. The Morgan fingerprint density at radius 2 is 1.42 bits per heavy atom. The van der Waals surface area contributed by atoms with E-state index in [0.29, 0.717) is 89.2 Å². The molecule has 1 aromatic rings. The monoisotopic (exact) mass is 879 g/mol. The zero-order chi connectivity index (χ0) is 45.5. The SMILES string of the molecule is COCCCCOc1cc(OCC(=O)NCCN2CCOCC2)ccc1C(=O)NCC(CC(NC(=O)OC(C)(C)C)C(O)CC(C(=O)NCCN1CCOCC1)C(C)C)C(C)C. The van der Waals surface area contributed by atoms with Gasteiger partial charge in [0.25, 0.3) is 11.8 Å². The van der Waals surface area contributed by atoms with Crippen molar-refractivity contribution >= 4 is 23.8 Å². The number of alkyl carbamates (subject to hydrolysis) is 1. The van der Waals surface area contributed by atoms with Gasteiger partial charge < -0.3 is 54.8 Å². The van der Waals surface area contributed by atoms with Crippen LogP contribution in [0.1, 0.15) is 84.5 Å². The van der Waals surface area contributed by atoms with Gasteiger partial charge in [0, 0.05) is 84.6 Å². The Morgan fingerprint density at radius 1 is 0.806 bits per heavy atom. The number of benzene rings is 1. The van der Waals surface area contributed by atoms with Gasteiger partial charge in [-0.3, -0.25) is 24.2 Å². The molecule has 0 aliphatic carbocycles. The van der Waals surface area contributed by atoms with Crippen molar-refractivity contribution in [1.29, 1.82) is 0 Å². The number of aliphatic hydroxyl groups is 1. The molecule has 2 saturated heterocycles. The Kier molecular flexibility index (Phi) is 23.9. The summed E-state index contributed by atoms with van der Waals surface area (Å²) in [6.07, 6.45) is 0.124. The van der Waals surface area contributed by atoms with E-state index in [4.69, 9.17) is 28.4 Å². The predicted molar refractivity (Wildman–Crippen MR) is 236 cm³/mol. The van der Waals surface area contributed by atoms with Crippen molar-refractivity contribution < 1.29 is 52.7 Å². The molecule has 5 N–H and O–H groups in total. The van der Waals surface area contributed by atoms with Gasteiger partial charge in [0.2, 0.25) is 5.91 Å². The normalized spacial score (nSPS) is 17.1. The van der Waals surface area contributed by atoms with Crippen LogP contribution < -0.4 is 30.7 Å². The molecule has 4 atom stereocenters. The molecule has 62 heavy (non-hydrogen) atoms. The lowest BCUT2D eigenvalue weighted by Gasteiger charge is -2.33. The highest BCUT2D eigenvalue weighted by atomic mass is 16.6. The predicted octanol–water partition coefficient (Wildman–Crippen LogP) is 3.08. The fraction of sp³-hybridized carbons (Fsp3) is 0.778. The van der Waals surface area contributed by atoms with Crippen LogP contribution >= 0.6 is 0 Å². The van der Waals surface area contributed by atoms with E-state index in [1.165, 1.54) is 0 Å². The van der Waals surface area contributed by atoms with Gasteiger partial charge in [-0.15, -0.1) is 0 Å². The topological polar surface area (TPSA) is 198 Å². The zero-order valence-electron chi connectivity index (χ0n) is 38.8. The number of amides is 4. The van der Waals surface area contributed by atoms with Gasteiger partial charge in [-0.25, -0.2) is 4.79 Å². The summed E-state index contributed by atoms with van der Waals surface area (Å²) in [4.78, 5) is 57.6. The third-order valence-electron chi connectivity index (χ3n) is 11.1. The average Bonchev–Trinajstić information content (AvgIpc) is 3.22. The first-order valence-electron chi connectivity index (χ1n) is 22.5. The van der Waals surface area contributed by atoms with E-state index in [1.807, 2.05) is 27.7 Å². The van der Waals surface area contributed by atoms with Crippen molar-refractivity contribution in [2.75, 3.05) is 112 Å². The zero-order valence-corrected chi connectivity index (χ0v) is 38.8. The van der Waals surface area contributed by atoms with Crippen LogP contribution in [0.4, 0.5) is 4.79 Å². The van der Waals surface area contributed by atoms with Gasteiger partial charge >= 0.3 is 6.09 Å². The van der Waals surface area contributed by atoms with Crippen LogP contribution in [-0.2, 0) is 28.5 Å². The number of nitrogens with one attached hydrogen (secondary N) is 4. The summed E-state index contributed by atoms with van der Waals surface area (Å²) in [6.45, 7) is 22.6. The molecular formula is C45H78N6O11. The maximum Gasteiger partial charge on any atom is 0.407 e. The van der Waals surface area contributed by atoms with Crippen molar-refractivity contribution in [2.45, 2.75) is 91.9 Å². The second-order valence-corrected chi connectivity index (χ2v) is 17.9. The van der Waals surface area contributed by atoms with E-state index in [9.17, 15) is 24.3 Å². The molecule has 0 saturated carbocycles. The lowest BCUT2D eigenvalue weighted by molar-refractivity contribution is -0.128. The van der Waals surface area contributed by atoms with Gasteiger partial charge in [0.05, 0.1) is 50.7 Å². The number of nitrogens with zero attached hydrogens (tertiary/aromatic N) is 2. The van der Waals surface area contributed by atoms with Crippen LogP contribution in [0.15, 0.2) is 18.2 Å². The number of morpholine rings is 2. The molecule has 1 aromatic carbocycles. The van der Waals surface area contributed by atoms with Crippen LogP contribution in [0, 0.1) is 23.7 Å². The Labute approximate surface area is 369 Å². The Morgan fingerprint density at radius 3 is 2.00 bits per heavy atom. The Bertz CT molecular complexity index is 1480. The number of hydrogen-bond donors (Lipinski definition) is 5. The fourth-order valence-corrected chi connectivity index (χ4v) is 7.22. The molecule has 17 nitrogen and oxygen atoms in total. The summed E-state index contributed by atoms with van der Waals surface area (Å²) in [5.41, 5.74) is -0.477. The van der Waals surface area contributed by atoms with E-state index in [-0.39, 0.29) is 55.0 Å². The molecule has 2 heterocycles. The molecule has 4 amide bonds. The van der Waals surface area contributed by atoms with Crippen molar-refractivity contribution in [2.24, 2.45) is 23.7 Å². The molecule has 3 rings (SSSR count). The maximum atomic E-state index is 13.9. The molecule has 2 aliphatic rings. The second kappa shape index (κ2) is 28.1. The minimum Gasteiger partial charge on any atom is -0.493 e. The highest BCUT2D eigenvalue weighted by Crippen LogP contribution is 2.28. The number of hydrogen-bond acceptors (Lipinski definition) is 13. The van der Waals surface area contributed by atoms with Crippen LogP contribution in [0.5, 0.6) is 11.5 Å². The van der Waals surface area contributed by atoms with Gasteiger partial charge in [0.1, 0.15) is 17.1 Å². The number of ether oxygens (including phenoxy) is 6. The molecule has 0 bridgehead atoms. The van der Waals surface area contributed by atoms with E-state index >= 15 is 0 Å². The van der Waals surface area contributed by atoms with Gasteiger partial charge in [0.15, 0.2) is 6.61 Å². The minimum atomic E-state index is -1.09. The number of unbranched alkanes of at least 4 members (excludes halogenated alkanes) is 1. The van der Waals surface area contributed by atoms with Crippen molar-refractivity contribution in [3.05, 3.63) is 23.8 Å². The molecular weight excluding hydrogens is 801 g/mol. The summed E-state index contributed by atoms with van der Waals surface area (Å²) in [5, 5.41) is 23.7. The highest BCUT2D eigenvalue weighted by Gasteiger charge is 2.33. The number of carbonyl (C=O) groups is 4. The summed E-state index contributed by atoms with van der Waals surface area (Å²) in [5.74, 6) is -0.836. The number of carbonyl (C=O) groups excluding carboxylic acids is 4. The lowest BCUT2D eigenvalue weighted by atomic mass is 9.82. The first-order valence-corrected chi connectivity index (χ1v) is 22.5. The van der Waals surface area contributed by atoms with Crippen LogP contribution in [0.2, 0.25) is 0 Å². The van der Waals surface area contributed by atoms with Crippen LogP contribution in [-0.4, -0.2) is 169 Å². The summed E-state index contributed by atoms with van der Waals surface area (Å²) >= 11 is 0. The Balaban J connectivity index is 1.69.